The number of ether oxygens (including phenoxy) is 2. The fraction of sp³-hybridized carbons (Fsp3) is 0.158. The number of rotatable bonds is 6. The molecule has 3 amide bonds. The molecule has 1 aliphatic heterocycles. The lowest BCUT2D eigenvalue weighted by molar-refractivity contribution is -0.115. The van der Waals surface area contributed by atoms with E-state index < -0.39 is 11.9 Å². The van der Waals surface area contributed by atoms with E-state index in [4.69, 9.17) is 21.1 Å². The monoisotopic (exact) mass is 450 g/mol. The van der Waals surface area contributed by atoms with Crippen LogP contribution in [0.3, 0.4) is 0 Å². The highest BCUT2D eigenvalue weighted by atomic mass is 79.9. The van der Waals surface area contributed by atoms with E-state index in [1.54, 1.807) is 24.3 Å². The normalized spacial score (nSPS) is 14.9. The number of halogens is 2. The van der Waals surface area contributed by atoms with E-state index in [0.29, 0.717) is 33.2 Å². The molecule has 2 aromatic rings. The molecular formula is C19H16BrClN2O4. The highest BCUT2D eigenvalue weighted by Crippen LogP contribution is 2.38. The van der Waals surface area contributed by atoms with Crippen molar-refractivity contribution in [3.63, 3.8) is 0 Å². The Kier molecular flexibility index (Phi) is 6.03. The fourth-order valence-corrected chi connectivity index (χ4v) is 3.25. The first kappa shape index (κ1) is 19.3. The SMILES string of the molecule is CCOc1cc(/C=C2/NC(=O)NC2=O)cc(Br)c1OCc1ccccc1Cl. The summed E-state index contributed by atoms with van der Waals surface area (Å²) >= 11 is 9.66. The molecular weight excluding hydrogens is 436 g/mol. The molecule has 2 aromatic carbocycles. The molecule has 0 atom stereocenters. The molecule has 0 spiro atoms. The lowest BCUT2D eigenvalue weighted by Gasteiger charge is -2.15. The van der Waals surface area contributed by atoms with E-state index in [-0.39, 0.29) is 12.3 Å². The van der Waals surface area contributed by atoms with Gasteiger partial charge in [0.25, 0.3) is 5.91 Å². The van der Waals surface area contributed by atoms with Crippen LogP contribution in [0.2, 0.25) is 5.02 Å². The Balaban J connectivity index is 1.88. The zero-order chi connectivity index (χ0) is 19.4. The minimum atomic E-state index is -0.546. The first-order valence-electron chi connectivity index (χ1n) is 8.14. The zero-order valence-corrected chi connectivity index (χ0v) is 16.7. The number of imide groups is 1. The Morgan fingerprint density at radius 2 is 1.93 bits per heavy atom. The molecule has 0 bridgehead atoms. The van der Waals surface area contributed by atoms with Crippen LogP contribution in [0.5, 0.6) is 11.5 Å². The van der Waals surface area contributed by atoms with Gasteiger partial charge in [0.05, 0.1) is 11.1 Å². The number of carbonyl (C=O) groups is 2. The van der Waals surface area contributed by atoms with E-state index in [1.165, 1.54) is 0 Å². The van der Waals surface area contributed by atoms with Gasteiger partial charge < -0.3 is 14.8 Å². The summed E-state index contributed by atoms with van der Waals surface area (Å²) in [6.07, 6.45) is 1.56. The molecule has 27 heavy (non-hydrogen) atoms. The van der Waals surface area contributed by atoms with Gasteiger partial charge in [0.15, 0.2) is 11.5 Å². The second-order valence-electron chi connectivity index (χ2n) is 5.61. The summed E-state index contributed by atoms with van der Waals surface area (Å²) in [5.41, 5.74) is 1.69. The van der Waals surface area contributed by atoms with Crippen molar-refractivity contribution in [2.75, 3.05) is 6.61 Å². The third-order valence-electron chi connectivity index (χ3n) is 3.69. The third kappa shape index (κ3) is 4.61. The van der Waals surface area contributed by atoms with Gasteiger partial charge >= 0.3 is 6.03 Å². The van der Waals surface area contributed by atoms with Gasteiger partial charge in [-0.05, 0) is 52.7 Å². The zero-order valence-electron chi connectivity index (χ0n) is 14.3. The summed E-state index contributed by atoms with van der Waals surface area (Å²) in [4.78, 5) is 22.9. The maximum absolute atomic E-state index is 11.7. The Bertz CT molecular complexity index is 930. The molecule has 2 N–H and O–H groups in total. The Morgan fingerprint density at radius 3 is 2.59 bits per heavy atom. The van der Waals surface area contributed by atoms with Crippen molar-refractivity contribution >= 4 is 45.5 Å². The molecule has 140 valence electrons. The quantitative estimate of drug-likeness (QED) is 0.508. The Hall–Kier alpha value is -2.51. The van der Waals surface area contributed by atoms with Crippen molar-refractivity contribution in [3.8, 4) is 11.5 Å². The molecule has 1 saturated heterocycles. The molecule has 0 radical (unpaired) electrons. The average molecular weight is 452 g/mol. The first-order valence-corrected chi connectivity index (χ1v) is 9.31. The molecule has 1 heterocycles. The molecule has 8 heteroatoms. The largest absolute Gasteiger partial charge is 0.490 e. The molecule has 0 unspecified atom stereocenters. The second-order valence-corrected chi connectivity index (χ2v) is 6.87. The number of nitrogens with one attached hydrogen (secondary N) is 2. The molecule has 1 fully saturated rings. The summed E-state index contributed by atoms with van der Waals surface area (Å²) in [7, 11) is 0. The highest BCUT2D eigenvalue weighted by Gasteiger charge is 2.23. The van der Waals surface area contributed by atoms with Crippen LogP contribution >= 0.6 is 27.5 Å². The van der Waals surface area contributed by atoms with Gasteiger partial charge in [-0.15, -0.1) is 0 Å². The summed E-state index contributed by atoms with van der Waals surface area (Å²) in [6, 6.07) is 10.4. The smallest absolute Gasteiger partial charge is 0.326 e. The summed E-state index contributed by atoms with van der Waals surface area (Å²) in [5.74, 6) is 0.558. The van der Waals surface area contributed by atoms with E-state index >= 15 is 0 Å². The van der Waals surface area contributed by atoms with E-state index in [1.807, 2.05) is 25.1 Å². The minimum absolute atomic E-state index is 0.166. The van der Waals surface area contributed by atoms with Gasteiger partial charge in [-0.3, -0.25) is 10.1 Å². The number of hydrogen-bond donors (Lipinski definition) is 2. The van der Waals surface area contributed by atoms with Gasteiger partial charge in [0.1, 0.15) is 12.3 Å². The van der Waals surface area contributed by atoms with E-state index in [2.05, 4.69) is 26.6 Å². The number of amides is 3. The van der Waals surface area contributed by atoms with E-state index in [0.717, 1.165) is 5.56 Å². The van der Waals surface area contributed by atoms with Gasteiger partial charge in [0.2, 0.25) is 0 Å². The topological polar surface area (TPSA) is 76.7 Å². The maximum Gasteiger partial charge on any atom is 0.326 e. The number of hydrogen-bond acceptors (Lipinski definition) is 4. The first-order chi connectivity index (χ1) is 13.0. The lowest BCUT2D eigenvalue weighted by Crippen LogP contribution is -2.22. The molecule has 0 aromatic heterocycles. The molecule has 0 saturated carbocycles. The van der Waals surface area contributed by atoms with Crippen LogP contribution in [-0.4, -0.2) is 18.5 Å². The lowest BCUT2D eigenvalue weighted by atomic mass is 10.1. The minimum Gasteiger partial charge on any atom is -0.490 e. The van der Waals surface area contributed by atoms with Crippen LogP contribution in [0.4, 0.5) is 4.79 Å². The number of benzene rings is 2. The van der Waals surface area contributed by atoms with E-state index in [9.17, 15) is 9.59 Å². The van der Waals surface area contributed by atoms with Gasteiger partial charge in [-0.2, -0.15) is 0 Å². The standard InChI is InChI=1S/C19H16BrClN2O4/c1-2-26-16-9-11(8-15-18(24)23-19(25)22-15)7-13(20)17(16)27-10-12-5-3-4-6-14(12)21/h3-9H,2,10H2,1H3,(H2,22,23,24,25)/b15-8+. The predicted octanol–water partition coefficient (Wildman–Crippen LogP) is 4.26. The van der Waals surface area contributed by atoms with Crippen LogP contribution in [0, 0.1) is 0 Å². The Morgan fingerprint density at radius 1 is 1.15 bits per heavy atom. The van der Waals surface area contributed by atoms with Crippen LogP contribution in [-0.2, 0) is 11.4 Å². The van der Waals surface area contributed by atoms with Crippen LogP contribution in [0.25, 0.3) is 6.08 Å². The average Bonchev–Trinajstić information content (AvgIpc) is 2.93. The van der Waals surface area contributed by atoms with Crippen molar-refractivity contribution in [2.24, 2.45) is 0 Å². The van der Waals surface area contributed by atoms with Crippen molar-refractivity contribution in [2.45, 2.75) is 13.5 Å². The fourth-order valence-electron chi connectivity index (χ4n) is 2.49. The van der Waals surface area contributed by atoms with Crippen molar-refractivity contribution in [1.29, 1.82) is 0 Å². The molecule has 3 rings (SSSR count). The summed E-state index contributed by atoms with van der Waals surface area (Å²) in [6.45, 7) is 2.57. The second kappa shape index (κ2) is 8.45. The maximum atomic E-state index is 11.7. The highest BCUT2D eigenvalue weighted by molar-refractivity contribution is 9.10. The third-order valence-corrected chi connectivity index (χ3v) is 4.65. The van der Waals surface area contributed by atoms with Crippen molar-refractivity contribution < 1.29 is 19.1 Å². The number of carbonyl (C=O) groups excluding carboxylic acids is 2. The molecule has 1 aliphatic rings. The van der Waals surface area contributed by atoms with Crippen LogP contribution < -0.4 is 20.1 Å². The van der Waals surface area contributed by atoms with Gasteiger partial charge in [-0.25, -0.2) is 4.79 Å². The van der Waals surface area contributed by atoms with Crippen molar-refractivity contribution in [3.05, 3.63) is 62.7 Å². The molecule has 0 aliphatic carbocycles. The van der Waals surface area contributed by atoms with Crippen molar-refractivity contribution in [1.82, 2.24) is 10.6 Å². The summed E-state index contributed by atoms with van der Waals surface area (Å²) < 4.78 is 12.3. The number of urea groups is 1. The van der Waals surface area contributed by atoms with Gasteiger partial charge in [-0.1, -0.05) is 29.8 Å². The predicted molar refractivity (Wildman–Crippen MR) is 106 cm³/mol. The Labute approximate surface area is 169 Å². The molecule has 6 nitrogen and oxygen atoms in total. The summed E-state index contributed by atoms with van der Waals surface area (Å²) in [5, 5.41) is 5.23. The van der Waals surface area contributed by atoms with Crippen LogP contribution in [0.1, 0.15) is 18.1 Å². The van der Waals surface area contributed by atoms with Crippen LogP contribution in [0.15, 0.2) is 46.6 Å². The van der Waals surface area contributed by atoms with Gasteiger partial charge in [0, 0.05) is 10.6 Å².